The third kappa shape index (κ3) is 2.12. The summed E-state index contributed by atoms with van der Waals surface area (Å²) in [5, 5.41) is 28.6. The lowest BCUT2D eigenvalue weighted by Gasteiger charge is -2.08. The second-order valence-electron chi connectivity index (χ2n) is 5.07. The highest BCUT2D eigenvalue weighted by Crippen LogP contribution is 2.21. The van der Waals surface area contributed by atoms with Crippen molar-refractivity contribution in [3.63, 3.8) is 0 Å². The lowest BCUT2D eigenvalue weighted by molar-refractivity contribution is 0.0697. The molecule has 3 rings (SSSR count). The smallest absolute Gasteiger partial charge is 0.338 e. The standard InChI is InChI=1S/C15H9IN2O6/c1-4-13(21)5(3-19)9-12(14(4)22)18-11-8(15(23)24)6(16)2-7(20)10(11)17-9/h2-3,18-19,21H,1H3,(H,23,24). The average Bonchev–Trinajstić information content (AvgIpc) is 2.52. The van der Waals surface area contributed by atoms with Crippen molar-refractivity contribution in [2.24, 2.45) is 0 Å². The Balaban J connectivity index is 2.74. The van der Waals surface area contributed by atoms with Gasteiger partial charge in [-0.1, -0.05) is 0 Å². The minimum atomic E-state index is -1.28. The van der Waals surface area contributed by atoms with Gasteiger partial charge >= 0.3 is 5.97 Å². The molecule has 0 aliphatic heterocycles. The number of carbonyl (C=O) groups is 1. The number of aromatic amines is 1. The zero-order valence-corrected chi connectivity index (χ0v) is 14.2. The van der Waals surface area contributed by atoms with Crippen LogP contribution in [0.25, 0.3) is 28.3 Å². The number of aromatic carboxylic acids is 1. The van der Waals surface area contributed by atoms with E-state index in [1.54, 1.807) is 22.6 Å². The first kappa shape index (κ1) is 16.2. The van der Waals surface area contributed by atoms with Gasteiger partial charge in [-0.25, -0.2) is 9.78 Å². The van der Waals surface area contributed by atoms with Gasteiger partial charge in [0, 0.05) is 15.2 Å². The Kier molecular flexibility index (Phi) is 3.67. The number of fused-ring (bicyclic) bond motifs is 2. The van der Waals surface area contributed by atoms with Crippen LogP contribution in [0.3, 0.4) is 0 Å². The Hall–Kier alpha value is -2.69. The number of nitrogens with one attached hydrogen (secondary N) is 1. The van der Waals surface area contributed by atoms with E-state index in [0.717, 1.165) is 6.07 Å². The molecule has 3 aromatic rings. The van der Waals surface area contributed by atoms with Crippen LogP contribution in [0.4, 0.5) is 0 Å². The fourth-order valence-corrected chi connectivity index (χ4v) is 3.28. The molecule has 8 nitrogen and oxygen atoms in total. The number of aliphatic hydroxyl groups excluding tert-OH is 1. The van der Waals surface area contributed by atoms with E-state index in [1.807, 2.05) is 0 Å². The van der Waals surface area contributed by atoms with E-state index >= 15 is 0 Å². The quantitative estimate of drug-likeness (QED) is 0.324. The molecule has 0 spiro atoms. The molecule has 0 fully saturated rings. The van der Waals surface area contributed by atoms with E-state index in [-0.39, 0.29) is 42.0 Å². The third-order valence-corrected chi connectivity index (χ3v) is 4.55. The van der Waals surface area contributed by atoms with Crippen molar-refractivity contribution in [2.45, 2.75) is 6.92 Å². The topological polar surface area (TPSA) is 141 Å². The van der Waals surface area contributed by atoms with E-state index in [9.17, 15) is 29.7 Å². The lowest BCUT2D eigenvalue weighted by Crippen LogP contribution is -2.20. The number of nitrogens with zero attached hydrogens (tertiary/aromatic N) is 1. The molecule has 2 aromatic carbocycles. The number of halogens is 1. The van der Waals surface area contributed by atoms with Gasteiger partial charge in [0.25, 0.3) is 0 Å². The molecule has 1 aromatic heterocycles. The molecule has 24 heavy (non-hydrogen) atoms. The van der Waals surface area contributed by atoms with Crippen LogP contribution in [0.5, 0.6) is 5.75 Å². The number of phenols is 1. The first-order valence-electron chi connectivity index (χ1n) is 6.57. The zero-order chi connectivity index (χ0) is 17.8. The van der Waals surface area contributed by atoms with Gasteiger partial charge in [-0.3, -0.25) is 9.59 Å². The van der Waals surface area contributed by atoms with E-state index in [1.165, 1.54) is 6.92 Å². The molecule has 0 radical (unpaired) electrons. The molecule has 0 aliphatic carbocycles. The monoisotopic (exact) mass is 440 g/mol. The minimum Gasteiger partial charge on any atom is -0.515 e. The molecule has 0 saturated carbocycles. The predicted octanol–water partition coefficient (Wildman–Crippen LogP) is 0.768. The van der Waals surface area contributed by atoms with Crippen LogP contribution in [0.2, 0.25) is 0 Å². The maximum atomic E-state index is 12.4. The number of H-pyrrole nitrogens is 1. The molecular formula is C15H9IN2O6. The fraction of sp³-hybridized carbons (Fsp3) is 0.0667. The summed E-state index contributed by atoms with van der Waals surface area (Å²) >= 11 is 1.71. The van der Waals surface area contributed by atoms with Crippen LogP contribution in [0.1, 0.15) is 15.9 Å². The Morgan fingerprint density at radius 3 is 2.54 bits per heavy atom. The van der Waals surface area contributed by atoms with Crippen molar-refractivity contribution in [1.29, 1.82) is 0 Å². The number of rotatable bonds is 1. The second-order valence-corrected chi connectivity index (χ2v) is 6.23. The van der Waals surface area contributed by atoms with Gasteiger partial charge < -0.3 is 20.3 Å². The summed E-state index contributed by atoms with van der Waals surface area (Å²) in [6.07, 6.45) is 0.575. The van der Waals surface area contributed by atoms with Crippen molar-refractivity contribution < 1.29 is 20.1 Å². The number of hydrogen-bond donors (Lipinski definition) is 4. The van der Waals surface area contributed by atoms with E-state index < -0.39 is 22.6 Å². The molecule has 122 valence electrons. The fourth-order valence-electron chi connectivity index (χ4n) is 2.50. The number of carboxylic acid groups (broad SMARTS) is 1. The molecule has 0 atom stereocenters. The van der Waals surface area contributed by atoms with Crippen LogP contribution < -0.4 is 16.1 Å². The summed E-state index contributed by atoms with van der Waals surface area (Å²) in [4.78, 5) is 42.7. The van der Waals surface area contributed by atoms with E-state index in [0.29, 0.717) is 6.26 Å². The highest BCUT2D eigenvalue weighted by Gasteiger charge is 2.20. The van der Waals surface area contributed by atoms with Crippen LogP contribution in [-0.4, -0.2) is 31.3 Å². The number of aliphatic hydroxyl groups is 1. The molecule has 0 saturated heterocycles. The number of phenolic OH excluding ortho intramolecular Hbond substituents is 1. The predicted molar refractivity (Wildman–Crippen MR) is 94.5 cm³/mol. The Bertz CT molecular complexity index is 1220. The largest absolute Gasteiger partial charge is 0.515 e. The normalized spacial score (nSPS) is 12.2. The highest BCUT2D eigenvalue weighted by molar-refractivity contribution is 14.1. The summed E-state index contributed by atoms with van der Waals surface area (Å²) in [5.41, 5.74) is -1.89. The summed E-state index contributed by atoms with van der Waals surface area (Å²) in [6, 6.07) is 1.12. The van der Waals surface area contributed by atoms with Gasteiger partial charge in [-0.2, -0.15) is 0 Å². The SMILES string of the molecule is Cc1c(O)c(=CO)c2nc3c(=O)cc(I)c(C(=O)O)c3[nH]c2c1=O. The molecule has 9 heteroatoms. The third-order valence-electron chi connectivity index (χ3n) is 3.70. The van der Waals surface area contributed by atoms with Gasteiger partial charge in [0.15, 0.2) is 0 Å². The summed E-state index contributed by atoms with van der Waals surface area (Å²) < 4.78 is 0.201. The summed E-state index contributed by atoms with van der Waals surface area (Å²) in [7, 11) is 0. The first-order valence-corrected chi connectivity index (χ1v) is 7.65. The van der Waals surface area contributed by atoms with Gasteiger partial charge in [0.1, 0.15) is 22.3 Å². The molecular weight excluding hydrogens is 431 g/mol. The number of hydrogen-bond acceptors (Lipinski definition) is 6. The number of carboxylic acids is 1. The summed E-state index contributed by atoms with van der Waals surface area (Å²) in [5.74, 6) is -1.73. The Labute approximate surface area is 146 Å². The van der Waals surface area contributed by atoms with E-state index in [4.69, 9.17) is 0 Å². The highest BCUT2D eigenvalue weighted by atomic mass is 127. The first-order chi connectivity index (χ1) is 11.3. The minimum absolute atomic E-state index is 0.0370. The van der Waals surface area contributed by atoms with Crippen LogP contribution in [0, 0.1) is 10.5 Å². The number of aromatic nitrogens is 2. The molecule has 0 aliphatic rings. The van der Waals surface area contributed by atoms with Gasteiger partial charge in [0.2, 0.25) is 10.9 Å². The number of aromatic hydroxyl groups is 1. The van der Waals surface area contributed by atoms with Crippen molar-refractivity contribution in [2.75, 3.05) is 0 Å². The number of benzene rings is 2. The van der Waals surface area contributed by atoms with Crippen molar-refractivity contribution >= 4 is 56.9 Å². The average molecular weight is 440 g/mol. The van der Waals surface area contributed by atoms with Crippen molar-refractivity contribution in [1.82, 2.24) is 9.97 Å². The van der Waals surface area contributed by atoms with Gasteiger partial charge in [0.05, 0.1) is 22.6 Å². The molecule has 1 heterocycles. The van der Waals surface area contributed by atoms with Crippen molar-refractivity contribution in [3.05, 3.63) is 46.4 Å². The van der Waals surface area contributed by atoms with Gasteiger partial charge in [-0.05, 0) is 29.5 Å². The second kappa shape index (κ2) is 5.44. The molecule has 0 unspecified atom stereocenters. The van der Waals surface area contributed by atoms with Crippen LogP contribution in [0.15, 0.2) is 15.7 Å². The zero-order valence-electron chi connectivity index (χ0n) is 12.0. The lowest BCUT2D eigenvalue weighted by atomic mass is 10.1. The summed E-state index contributed by atoms with van der Waals surface area (Å²) in [6.45, 7) is 1.36. The van der Waals surface area contributed by atoms with E-state index in [2.05, 4.69) is 9.97 Å². The maximum Gasteiger partial charge on any atom is 0.338 e. The van der Waals surface area contributed by atoms with Crippen molar-refractivity contribution in [3.8, 4) is 5.75 Å². The molecule has 4 N–H and O–H groups in total. The van der Waals surface area contributed by atoms with Gasteiger partial charge in [-0.15, -0.1) is 0 Å². The molecule has 0 amide bonds. The maximum absolute atomic E-state index is 12.4. The van der Waals surface area contributed by atoms with Crippen LogP contribution >= 0.6 is 22.6 Å². The molecule has 0 bridgehead atoms. The van der Waals surface area contributed by atoms with Crippen LogP contribution in [-0.2, 0) is 0 Å². The Morgan fingerprint density at radius 1 is 1.29 bits per heavy atom. The Morgan fingerprint density at radius 2 is 1.96 bits per heavy atom.